The third-order valence-electron chi connectivity index (χ3n) is 2.25. The molecule has 0 aliphatic rings. The van der Waals surface area contributed by atoms with Crippen LogP contribution in [0.2, 0.25) is 0 Å². The highest BCUT2D eigenvalue weighted by molar-refractivity contribution is 5.87. The third-order valence-corrected chi connectivity index (χ3v) is 2.25. The van der Waals surface area contributed by atoms with Gasteiger partial charge in [-0.3, -0.25) is 0 Å². The number of unbranched alkanes of at least 4 members (excludes halogenated alkanes) is 4. The van der Waals surface area contributed by atoms with E-state index in [1.807, 2.05) is 19.0 Å². The van der Waals surface area contributed by atoms with E-state index in [2.05, 4.69) is 6.92 Å². The van der Waals surface area contributed by atoms with Gasteiger partial charge in [0, 0.05) is 25.9 Å². The van der Waals surface area contributed by atoms with Crippen molar-refractivity contribution in [1.82, 2.24) is 4.90 Å². The molecule has 0 aliphatic heterocycles. The van der Waals surface area contributed by atoms with Crippen molar-refractivity contribution in [3.05, 3.63) is 11.8 Å². The number of hydrogen-bond acceptors (Lipinski definition) is 3. The van der Waals surface area contributed by atoms with Crippen LogP contribution in [0.3, 0.4) is 0 Å². The number of carbonyl (C=O) groups is 1. The average Bonchev–Trinajstić information content (AvgIpc) is 2.21. The van der Waals surface area contributed by atoms with Gasteiger partial charge in [-0.2, -0.15) is 0 Å². The fourth-order valence-corrected chi connectivity index (χ4v) is 1.42. The maximum Gasteiger partial charge on any atom is 0.335 e. The van der Waals surface area contributed by atoms with E-state index in [-0.39, 0.29) is 5.97 Å². The Labute approximate surface area is 99.5 Å². The average molecular weight is 227 g/mol. The first kappa shape index (κ1) is 15.0. The summed E-state index contributed by atoms with van der Waals surface area (Å²) in [6.07, 6.45) is 7.65. The van der Waals surface area contributed by atoms with Crippen LogP contribution >= 0.6 is 0 Å². The number of hydrogen-bond donors (Lipinski definition) is 0. The summed E-state index contributed by atoms with van der Waals surface area (Å²) in [4.78, 5) is 13.3. The summed E-state index contributed by atoms with van der Waals surface area (Å²) < 4.78 is 5.15. The summed E-state index contributed by atoms with van der Waals surface area (Å²) in [6, 6.07) is 0. The minimum absolute atomic E-state index is 0.204. The minimum atomic E-state index is -0.204. The lowest BCUT2D eigenvalue weighted by molar-refractivity contribution is -0.139. The Bertz CT molecular complexity index is 222. The molecular weight excluding hydrogens is 202 g/mol. The predicted octanol–water partition coefficient (Wildman–Crippen LogP) is 2.97. The summed E-state index contributed by atoms with van der Waals surface area (Å²) in [7, 11) is 3.78. The first-order chi connectivity index (χ1) is 7.57. The molecule has 0 rings (SSSR count). The molecule has 0 unspecified atom stereocenters. The molecule has 0 spiro atoms. The molecule has 0 aliphatic carbocycles. The monoisotopic (exact) mass is 227 g/mol. The highest BCUT2D eigenvalue weighted by Crippen LogP contribution is 2.04. The van der Waals surface area contributed by atoms with E-state index in [1.54, 1.807) is 13.1 Å². The Hall–Kier alpha value is -0.990. The van der Waals surface area contributed by atoms with Gasteiger partial charge in [-0.25, -0.2) is 4.79 Å². The SMILES string of the molecule is CCCCCCCOC(=O)/C(C)=C/N(C)C. The van der Waals surface area contributed by atoms with E-state index in [4.69, 9.17) is 4.74 Å². The normalized spacial score (nSPS) is 11.4. The summed E-state index contributed by atoms with van der Waals surface area (Å²) in [6.45, 7) is 4.51. The molecule has 0 aromatic carbocycles. The zero-order chi connectivity index (χ0) is 12.4. The van der Waals surface area contributed by atoms with Crippen LogP contribution in [0.4, 0.5) is 0 Å². The predicted molar refractivity (Wildman–Crippen MR) is 67.2 cm³/mol. The number of esters is 1. The Balaban J connectivity index is 3.58. The van der Waals surface area contributed by atoms with Gasteiger partial charge in [-0.1, -0.05) is 32.6 Å². The Morgan fingerprint density at radius 2 is 1.81 bits per heavy atom. The highest BCUT2D eigenvalue weighted by Gasteiger charge is 2.05. The maximum absolute atomic E-state index is 11.5. The molecule has 0 saturated carbocycles. The first-order valence-electron chi connectivity index (χ1n) is 6.10. The molecule has 3 heteroatoms. The molecular formula is C13H25NO2. The lowest BCUT2D eigenvalue weighted by Gasteiger charge is -2.08. The van der Waals surface area contributed by atoms with Crippen LogP contribution in [0.25, 0.3) is 0 Å². The van der Waals surface area contributed by atoms with Gasteiger partial charge in [0.1, 0.15) is 0 Å². The van der Waals surface area contributed by atoms with E-state index in [9.17, 15) is 4.79 Å². The van der Waals surface area contributed by atoms with Crippen molar-refractivity contribution in [3.63, 3.8) is 0 Å². The molecule has 16 heavy (non-hydrogen) atoms. The quantitative estimate of drug-likeness (QED) is 0.363. The van der Waals surface area contributed by atoms with Crippen molar-refractivity contribution in [3.8, 4) is 0 Å². The molecule has 0 bridgehead atoms. The third kappa shape index (κ3) is 8.33. The van der Waals surface area contributed by atoms with Crippen LogP contribution in [0.1, 0.15) is 46.0 Å². The van der Waals surface area contributed by atoms with E-state index in [0.717, 1.165) is 12.8 Å². The molecule has 0 N–H and O–H groups in total. The number of nitrogens with zero attached hydrogens (tertiary/aromatic N) is 1. The fourth-order valence-electron chi connectivity index (χ4n) is 1.42. The molecule has 0 aromatic rings. The summed E-state index contributed by atoms with van der Waals surface area (Å²) in [5.74, 6) is -0.204. The second kappa shape index (κ2) is 9.25. The summed E-state index contributed by atoms with van der Waals surface area (Å²) in [5, 5.41) is 0. The summed E-state index contributed by atoms with van der Waals surface area (Å²) in [5.41, 5.74) is 0.651. The van der Waals surface area contributed by atoms with E-state index in [1.165, 1.54) is 19.3 Å². The number of ether oxygens (including phenoxy) is 1. The van der Waals surface area contributed by atoms with Crippen molar-refractivity contribution in [1.29, 1.82) is 0 Å². The van der Waals surface area contributed by atoms with Gasteiger partial charge < -0.3 is 9.64 Å². The van der Waals surface area contributed by atoms with E-state index in [0.29, 0.717) is 12.2 Å². The molecule has 3 nitrogen and oxygen atoms in total. The van der Waals surface area contributed by atoms with Crippen LogP contribution in [-0.4, -0.2) is 31.6 Å². The van der Waals surface area contributed by atoms with Gasteiger partial charge in [0.2, 0.25) is 0 Å². The maximum atomic E-state index is 11.5. The van der Waals surface area contributed by atoms with Crippen molar-refractivity contribution < 1.29 is 9.53 Å². The van der Waals surface area contributed by atoms with Crippen molar-refractivity contribution in [2.75, 3.05) is 20.7 Å². The molecule has 94 valence electrons. The van der Waals surface area contributed by atoms with Gasteiger partial charge in [-0.05, 0) is 13.3 Å². The standard InChI is InChI=1S/C13H25NO2/c1-5-6-7-8-9-10-16-13(15)12(2)11-14(3)4/h11H,5-10H2,1-4H3/b12-11+. The van der Waals surface area contributed by atoms with Crippen LogP contribution in [0.5, 0.6) is 0 Å². The number of rotatable bonds is 8. The molecule has 0 amide bonds. The van der Waals surface area contributed by atoms with Crippen LogP contribution < -0.4 is 0 Å². The zero-order valence-corrected chi connectivity index (χ0v) is 11.1. The van der Waals surface area contributed by atoms with Gasteiger partial charge >= 0.3 is 5.97 Å². The van der Waals surface area contributed by atoms with Crippen LogP contribution in [0, 0.1) is 0 Å². The van der Waals surface area contributed by atoms with Crippen molar-refractivity contribution >= 4 is 5.97 Å². The van der Waals surface area contributed by atoms with Crippen molar-refractivity contribution in [2.24, 2.45) is 0 Å². The molecule has 0 atom stereocenters. The van der Waals surface area contributed by atoms with Gasteiger partial charge in [0.25, 0.3) is 0 Å². The van der Waals surface area contributed by atoms with Gasteiger partial charge in [0.15, 0.2) is 0 Å². The Kier molecular flexibility index (Phi) is 8.68. The largest absolute Gasteiger partial charge is 0.462 e. The highest BCUT2D eigenvalue weighted by atomic mass is 16.5. The van der Waals surface area contributed by atoms with E-state index >= 15 is 0 Å². The second-order valence-electron chi connectivity index (χ2n) is 4.33. The molecule has 0 aromatic heterocycles. The first-order valence-corrected chi connectivity index (χ1v) is 6.10. The molecule has 0 radical (unpaired) electrons. The molecule has 0 heterocycles. The second-order valence-corrected chi connectivity index (χ2v) is 4.33. The van der Waals surface area contributed by atoms with Crippen LogP contribution in [0.15, 0.2) is 11.8 Å². The smallest absolute Gasteiger partial charge is 0.335 e. The topological polar surface area (TPSA) is 29.5 Å². The zero-order valence-electron chi connectivity index (χ0n) is 11.1. The van der Waals surface area contributed by atoms with Crippen molar-refractivity contribution in [2.45, 2.75) is 46.0 Å². The lowest BCUT2D eigenvalue weighted by Crippen LogP contribution is -2.11. The fraction of sp³-hybridized carbons (Fsp3) is 0.769. The van der Waals surface area contributed by atoms with Gasteiger partial charge in [0.05, 0.1) is 6.61 Å². The minimum Gasteiger partial charge on any atom is -0.462 e. The van der Waals surface area contributed by atoms with Gasteiger partial charge in [-0.15, -0.1) is 0 Å². The number of carbonyl (C=O) groups excluding carboxylic acids is 1. The van der Waals surface area contributed by atoms with Crippen LogP contribution in [-0.2, 0) is 9.53 Å². The summed E-state index contributed by atoms with van der Waals surface area (Å²) >= 11 is 0. The molecule has 0 saturated heterocycles. The van der Waals surface area contributed by atoms with E-state index < -0.39 is 0 Å². The molecule has 0 fully saturated rings. The Morgan fingerprint density at radius 1 is 1.19 bits per heavy atom. The lowest BCUT2D eigenvalue weighted by atomic mass is 10.2. The Morgan fingerprint density at radius 3 is 2.38 bits per heavy atom.